The highest BCUT2D eigenvalue weighted by molar-refractivity contribution is 5.76. The Balaban J connectivity index is 1.53. The third-order valence-electron chi connectivity index (χ3n) is 4.08. The van der Waals surface area contributed by atoms with E-state index in [0.29, 0.717) is 31.0 Å². The van der Waals surface area contributed by atoms with Crippen LogP contribution in [0.4, 0.5) is 5.82 Å². The predicted molar refractivity (Wildman–Crippen MR) is 94.6 cm³/mol. The van der Waals surface area contributed by atoms with E-state index in [4.69, 9.17) is 11.5 Å². The summed E-state index contributed by atoms with van der Waals surface area (Å²) >= 11 is 0. The number of pyridine rings is 1. The van der Waals surface area contributed by atoms with Crippen LogP contribution < -0.4 is 11.5 Å². The van der Waals surface area contributed by atoms with Gasteiger partial charge in [0.15, 0.2) is 5.65 Å². The summed E-state index contributed by atoms with van der Waals surface area (Å²) in [6, 6.07) is 10.1. The van der Waals surface area contributed by atoms with Crippen LogP contribution in [-0.2, 0) is 19.5 Å². The second-order valence-electron chi connectivity index (χ2n) is 5.96. The van der Waals surface area contributed by atoms with Gasteiger partial charge in [-0.05, 0) is 28.3 Å². The van der Waals surface area contributed by atoms with Gasteiger partial charge in [0.25, 0.3) is 0 Å². The van der Waals surface area contributed by atoms with E-state index < -0.39 is 0 Å². The Morgan fingerprint density at radius 2 is 1.88 bits per heavy atom. The molecule has 0 saturated carbocycles. The highest BCUT2D eigenvalue weighted by Gasteiger charge is 2.10. The number of rotatable bonds is 5. The Morgan fingerprint density at radius 1 is 1.08 bits per heavy atom. The van der Waals surface area contributed by atoms with E-state index >= 15 is 0 Å². The van der Waals surface area contributed by atoms with Crippen LogP contribution in [-0.4, -0.2) is 30.2 Å². The minimum atomic E-state index is 0.445. The largest absolute Gasteiger partial charge is 0.384 e. The minimum absolute atomic E-state index is 0.445. The summed E-state index contributed by atoms with van der Waals surface area (Å²) < 4.78 is 1.91. The van der Waals surface area contributed by atoms with Crippen molar-refractivity contribution in [1.82, 2.24) is 30.2 Å². The lowest BCUT2D eigenvalue weighted by Gasteiger charge is -2.03. The fourth-order valence-corrected chi connectivity index (χ4v) is 2.83. The van der Waals surface area contributed by atoms with Crippen molar-refractivity contribution >= 4 is 17.0 Å². The topological polar surface area (TPSA) is 124 Å². The Labute approximate surface area is 143 Å². The molecule has 0 spiro atoms. The van der Waals surface area contributed by atoms with Gasteiger partial charge in [-0.2, -0.15) is 5.10 Å². The highest BCUT2D eigenvalue weighted by atomic mass is 15.3. The first-order valence-corrected chi connectivity index (χ1v) is 7.96. The van der Waals surface area contributed by atoms with Gasteiger partial charge in [0.2, 0.25) is 0 Å². The first kappa shape index (κ1) is 15.3. The molecule has 3 aromatic heterocycles. The van der Waals surface area contributed by atoms with Gasteiger partial charge in [-0.1, -0.05) is 29.5 Å². The van der Waals surface area contributed by atoms with Crippen molar-refractivity contribution in [2.75, 3.05) is 5.73 Å². The summed E-state index contributed by atoms with van der Waals surface area (Å²) in [4.78, 5) is 4.18. The molecule has 0 amide bonds. The van der Waals surface area contributed by atoms with Crippen molar-refractivity contribution in [1.29, 1.82) is 0 Å². The Morgan fingerprint density at radius 3 is 2.68 bits per heavy atom. The normalized spacial score (nSPS) is 11.2. The van der Waals surface area contributed by atoms with Crippen LogP contribution in [0.15, 0.2) is 42.7 Å². The Kier molecular flexibility index (Phi) is 3.87. The molecule has 4 rings (SSSR count). The van der Waals surface area contributed by atoms with Gasteiger partial charge in [0.05, 0.1) is 12.7 Å². The molecule has 0 aliphatic carbocycles. The third kappa shape index (κ3) is 3.20. The van der Waals surface area contributed by atoms with Gasteiger partial charge in [0, 0.05) is 19.2 Å². The zero-order valence-electron chi connectivity index (χ0n) is 13.6. The van der Waals surface area contributed by atoms with Crippen molar-refractivity contribution in [2.45, 2.75) is 19.5 Å². The van der Waals surface area contributed by atoms with Gasteiger partial charge < -0.3 is 11.5 Å². The molecule has 25 heavy (non-hydrogen) atoms. The van der Waals surface area contributed by atoms with E-state index in [9.17, 15) is 0 Å². The van der Waals surface area contributed by atoms with Crippen LogP contribution in [0.25, 0.3) is 11.2 Å². The van der Waals surface area contributed by atoms with E-state index in [1.807, 2.05) is 35.3 Å². The second kappa shape index (κ2) is 6.33. The summed E-state index contributed by atoms with van der Waals surface area (Å²) in [5.41, 5.74) is 17.2. The number of fused-ring (bicyclic) bond motifs is 1. The zero-order valence-corrected chi connectivity index (χ0v) is 13.6. The number of hydrogen-bond acceptors (Lipinski definition) is 6. The van der Waals surface area contributed by atoms with Crippen LogP contribution in [0, 0.1) is 0 Å². The first-order valence-electron chi connectivity index (χ1n) is 7.96. The van der Waals surface area contributed by atoms with Gasteiger partial charge >= 0.3 is 0 Å². The molecule has 1 aromatic carbocycles. The lowest BCUT2D eigenvalue weighted by Crippen LogP contribution is -2.01. The van der Waals surface area contributed by atoms with Crippen LogP contribution in [0.5, 0.6) is 0 Å². The van der Waals surface area contributed by atoms with E-state index in [2.05, 4.69) is 37.6 Å². The summed E-state index contributed by atoms with van der Waals surface area (Å²) in [7, 11) is 0. The van der Waals surface area contributed by atoms with Gasteiger partial charge in [0.1, 0.15) is 11.3 Å². The van der Waals surface area contributed by atoms with E-state index in [0.717, 1.165) is 22.2 Å². The molecule has 4 aromatic rings. The predicted octanol–water partition coefficient (Wildman–Crippen LogP) is 1.23. The number of benzene rings is 1. The molecule has 0 saturated heterocycles. The smallest absolute Gasteiger partial charge is 0.178 e. The van der Waals surface area contributed by atoms with Gasteiger partial charge in [-0.25, -0.2) is 10.1 Å². The molecular formula is C17H18N8. The lowest BCUT2D eigenvalue weighted by molar-refractivity contribution is 0.686. The van der Waals surface area contributed by atoms with E-state index in [1.165, 1.54) is 5.56 Å². The van der Waals surface area contributed by atoms with Gasteiger partial charge in [-0.3, -0.25) is 4.68 Å². The van der Waals surface area contributed by atoms with Gasteiger partial charge in [-0.15, -0.1) is 5.10 Å². The van der Waals surface area contributed by atoms with Crippen LogP contribution >= 0.6 is 0 Å². The molecule has 0 fully saturated rings. The maximum atomic E-state index is 5.85. The van der Waals surface area contributed by atoms with Crippen molar-refractivity contribution in [2.24, 2.45) is 5.73 Å². The Bertz CT molecular complexity index is 999. The molecule has 8 heteroatoms. The Hall–Kier alpha value is -3.26. The molecular weight excluding hydrogens is 316 g/mol. The molecule has 3 heterocycles. The number of nitrogens with zero attached hydrogens (tertiary/aromatic N) is 5. The summed E-state index contributed by atoms with van der Waals surface area (Å²) in [5, 5.41) is 15.1. The SMILES string of the molecule is NCc1ccc(Cn2cc(Cc3cc(N)nc4[nH]nnc34)cn2)cc1. The molecule has 0 aliphatic heterocycles. The van der Waals surface area contributed by atoms with Crippen molar-refractivity contribution < 1.29 is 0 Å². The van der Waals surface area contributed by atoms with Crippen molar-refractivity contribution in [3.05, 3.63) is 65.0 Å². The number of nitrogen functional groups attached to an aromatic ring is 1. The number of hydrogen-bond donors (Lipinski definition) is 3. The second-order valence-corrected chi connectivity index (χ2v) is 5.96. The lowest BCUT2D eigenvalue weighted by atomic mass is 10.1. The number of anilines is 1. The standard InChI is InChI=1S/C17H18N8/c18-7-11-1-3-12(4-2-11)9-25-10-13(8-20-25)5-14-6-15(19)21-17-16(14)22-24-23-17/h1-4,6,8,10H,5,7,9,18H2,(H3,19,21,22,23,24). The fraction of sp³-hybridized carbons (Fsp3) is 0.176. The molecule has 8 nitrogen and oxygen atoms in total. The third-order valence-corrected chi connectivity index (χ3v) is 4.08. The molecule has 0 unspecified atom stereocenters. The summed E-state index contributed by atoms with van der Waals surface area (Å²) in [5.74, 6) is 0.445. The van der Waals surface area contributed by atoms with Crippen LogP contribution in [0.1, 0.15) is 22.3 Å². The average Bonchev–Trinajstić information content (AvgIpc) is 3.25. The van der Waals surface area contributed by atoms with E-state index in [1.54, 1.807) is 0 Å². The van der Waals surface area contributed by atoms with Crippen molar-refractivity contribution in [3.63, 3.8) is 0 Å². The first-order chi connectivity index (χ1) is 12.2. The zero-order chi connectivity index (χ0) is 17.2. The molecule has 0 aliphatic rings. The van der Waals surface area contributed by atoms with Crippen LogP contribution in [0.2, 0.25) is 0 Å². The monoisotopic (exact) mass is 334 g/mol. The number of H-pyrrole nitrogens is 1. The summed E-state index contributed by atoms with van der Waals surface area (Å²) in [6.07, 6.45) is 4.55. The maximum absolute atomic E-state index is 5.85. The number of nitrogens with one attached hydrogen (secondary N) is 1. The number of aromatic nitrogens is 6. The molecule has 0 bridgehead atoms. The minimum Gasteiger partial charge on any atom is -0.384 e. The fourth-order valence-electron chi connectivity index (χ4n) is 2.83. The van der Waals surface area contributed by atoms with Crippen molar-refractivity contribution in [3.8, 4) is 0 Å². The number of nitrogens with two attached hydrogens (primary N) is 2. The average molecular weight is 334 g/mol. The maximum Gasteiger partial charge on any atom is 0.178 e. The summed E-state index contributed by atoms with van der Waals surface area (Å²) in [6.45, 7) is 1.26. The molecule has 0 atom stereocenters. The number of aromatic amines is 1. The van der Waals surface area contributed by atoms with Crippen LogP contribution in [0.3, 0.4) is 0 Å². The molecule has 126 valence electrons. The molecule has 5 N–H and O–H groups in total. The molecule has 0 radical (unpaired) electrons. The highest BCUT2D eigenvalue weighted by Crippen LogP contribution is 2.19. The van der Waals surface area contributed by atoms with E-state index in [-0.39, 0.29) is 0 Å². The quantitative estimate of drug-likeness (QED) is 0.504.